The zero-order chi connectivity index (χ0) is 16.4. The molecule has 3 N–H and O–H groups in total. The van der Waals surface area contributed by atoms with E-state index in [4.69, 9.17) is 15.3 Å². The highest BCUT2D eigenvalue weighted by Crippen LogP contribution is 2.35. The summed E-state index contributed by atoms with van der Waals surface area (Å²) in [5.74, 6) is -8.84. The maximum absolute atomic E-state index is 11.3. The van der Waals surface area contributed by atoms with E-state index in [1.165, 1.54) is 0 Å². The number of hydrogen-bond donors (Lipinski definition) is 3. The number of carboxylic acids is 1. The Labute approximate surface area is 112 Å². The van der Waals surface area contributed by atoms with Gasteiger partial charge in [-0.3, -0.25) is 4.90 Å². The Morgan fingerprint density at radius 3 is 1.55 bits per heavy atom. The minimum atomic E-state index is -6.02. The molecule has 0 aliphatic heterocycles. The summed E-state index contributed by atoms with van der Waals surface area (Å²) in [7, 11) is 0. The Morgan fingerprint density at radius 2 is 1.40 bits per heavy atom. The van der Waals surface area contributed by atoms with Crippen molar-refractivity contribution in [3.05, 3.63) is 0 Å². The van der Waals surface area contributed by atoms with Crippen LogP contribution in [0.5, 0.6) is 0 Å². The number of aliphatic hydroxyl groups is 2. The first kappa shape index (κ1) is 21.3. The lowest BCUT2D eigenvalue weighted by Crippen LogP contribution is -2.43. The molecule has 122 valence electrons. The molecule has 0 atom stereocenters. The molecule has 0 aliphatic rings. The van der Waals surface area contributed by atoms with Crippen molar-refractivity contribution in [3.8, 4) is 0 Å². The minimum Gasteiger partial charge on any atom is -0.477 e. The second-order valence-electron chi connectivity index (χ2n) is 3.67. The van der Waals surface area contributed by atoms with Crippen LogP contribution in [-0.4, -0.2) is 71.1 Å². The van der Waals surface area contributed by atoms with Gasteiger partial charge in [0.25, 0.3) is 0 Å². The van der Waals surface area contributed by atoms with E-state index in [-0.39, 0.29) is 13.2 Å². The highest BCUT2D eigenvalue weighted by atomic mass is 19.4. The molecule has 10 heteroatoms. The fourth-order valence-electron chi connectivity index (χ4n) is 1.06. The molecule has 0 heterocycles. The predicted octanol–water partition coefficient (Wildman–Crippen LogP) is 0.952. The van der Waals surface area contributed by atoms with Crippen LogP contribution in [0, 0.1) is 0 Å². The van der Waals surface area contributed by atoms with Crippen LogP contribution >= 0.6 is 0 Å². The standard InChI is InChI=1S/C7H17NO2.C3HF5O2/c1-2-3-8(4-6-9)5-7-10;4-2(5,1(9)10)3(6,7)8/h9-10H,2-7H2,1H3;(H,9,10). The van der Waals surface area contributed by atoms with Crippen LogP contribution in [-0.2, 0) is 4.79 Å². The van der Waals surface area contributed by atoms with Gasteiger partial charge in [0.05, 0.1) is 13.2 Å². The summed E-state index contributed by atoms with van der Waals surface area (Å²) in [6, 6.07) is 0. The maximum atomic E-state index is 11.3. The van der Waals surface area contributed by atoms with Crippen LogP contribution in [0.25, 0.3) is 0 Å². The molecule has 0 spiro atoms. The summed E-state index contributed by atoms with van der Waals surface area (Å²) in [5, 5.41) is 24.4. The molecule has 0 radical (unpaired) electrons. The van der Waals surface area contributed by atoms with Gasteiger partial charge in [-0.05, 0) is 13.0 Å². The molecule has 0 aromatic rings. The Bertz CT molecular complexity index is 259. The van der Waals surface area contributed by atoms with Gasteiger partial charge in [0, 0.05) is 13.1 Å². The number of aliphatic hydroxyl groups excluding tert-OH is 2. The summed E-state index contributed by atoms with van der Waals surface area (Å²) >= 11 is 0. The zero-order valence-corrected chi connectivity index (χ0v) is 10.8. The third-order valence-electron chi connectivity index (χ3n) is 2.00. The molecule has 0 saturated carbocycles. The second-order valence-corrected chi connectivity index (χ2v) is 3.67. The third kappa shape index (κ3) is 8.23. The van der Waals surface area contributed by atoms with E-state index < -0.39 is 18.1 Å². The van der Waals surface area contributed by atoms with Gasteiger partial charge in [-0.1, -0.05) is 6.92 Å². The fraction of sp³-hybridized carbons (Fsp3) is 0.900. The number of halogens is 5. The average Bonchev–Trinajstić information content (AvgIpc) is 2.29. The molecule has 5 nitrogen and oxygen atoms in total. The van der Waals surface area contributed by atoms with E-state index in [0.29, 0.717) is 13.1 Å². The van der Waals surface area contributed by atoms with Crippen molar-refractivity contribution in [2.24, 2.45) is 0 Å². The number of nitrogens with zero attached hydrogens (tertiary/aromatic N) is 1. The Hall–Kier alpha value is -1.00. The molecule has 0 aromatic carbocycles. The fourth-order valence-corrected chi connectivity index (χ4v) is 1.06. The van der Waals surface area contributed by atoms with Crippen molar-refractivity contribution in [2.75, 3.05) is 32.8 Å². The highest BCUT2D eigenvalue weighted by Gasteiger charge is 2.64. The van der Waals surface area contributed by atoms with E-state index in [1.54, 1.807) is 0 Å². The first-order valence-electron chi connectivity index (χ1n) is 5.66. The molecule has 0 amide bonds. The van der Waals surface area contributed by atoms with Crippen molar-refractivity contribution in [3.63, 3.8) is 0 Å². The summed E-state index contributed by atoms with van der Waals surface area (Å²) in [6.45, 7) is 4.76. The minimum absolute atomic E-state index is 0.181. The lowest BCUT2D eigenvalue weighted by Gasteiger charge is -2.18. The highest BCUT2D eigenvalue weighted by molar-refractivity contribution is 5.76. The number of carbonyl (C=O) groups is 1. The molecule has 0 bridgehead atoms. The number of aliphatic carboxylic acids is 1. The van der Waals surface area contributed by atoms with E-state index in [1.807, 2.05) is 4.90 Å². The summed E-state index contributed by atoms with van der Waals surface area (Å²) in [4.78, 5) is 11.2. The van der Waals surface area contributed by atoms with Crippen LogP contribution in [0.1, 0.15) is 13.3 Å². The van der Waals surface area contributed by atoms with Gasteiger partial charge < -0.3 is 15.3 Å². The van der Waals surface area contributed by atoms with Crippen LogP contribution in [0.4, 0.5) is 22.0 Å². The van der Waals surface area contributed by atoms with Crippen LogP contribution < -0.4 is 0 Å². The van der Waals surface area contributed by atoms with Crippen molar-refractivity contribution in [2.45, 2.75) is 25.4 Å². The quantitative estimate of drug-likeness (QED) is 0.610. The smallest absolute Gasteiger partial charge is 0.465 e. The van der Waals surface area contributed by atoms with E-state index in [2.05, 4.69) is 6.92 Å². The number of hydrogen-bond acceptors (Lipinski definition) is 4. The molecule has 0 rings (SSSR count). The third-order valence-corrected chi connectivity index (χ3v) is 2.00. The Kier molecular flexibility index (Phi) is 10.5. The largest absolute Gasteiger partial charge is 0.477 e. The molecule has 0 aromatic heterocycles. The maximum Gasteiger partial charge on any atom is 0.465 e. The van der Waals surface area contributed by atoms with Gasteiger partial charge in [-0.25, -0.2) is 4.79 Å². The summed E-state index contributed by atoms with van der Waals surface area (Å²) < 4.78 is 55.5. The first-order valence-corrected chi connectivity index (χ1v) is 5.66. The molecule has 0 fully saturated rings. The second kappa shape index (κ2) is 9.83. The predicted molar refractivity (Wildman–Crippen MR) is 59.5 cm³/mol. The topological polar surface area (TPSA) is 81.0 Å². The van der Waals surface area contributed by atoms with E-state index >= 15 is 0 Å². The van der Waals surface area contributed by atoms with E-state index in [0.717, 1.165) is 13.0 Å². The van der Waals surface area contributed by atoms with Gasteiger partial charge in [0.15, 0.2) is 0 Å². The molecular weight excluding hydrogens is 293 g/mol. The molecule has 0 saturated heterocycles. The first-order chi connectivity index (χ1) is 9.04. The SMILES string of the molecule is CCCN(CCO)CCO.O=C(O)C(F)(F)C(F)(F)F. The summed E-state index contributed by atoms with van der Waals surface area (Å²) in [6.07, 6.45) is -4.95. The van der Waals surface area contributed by atoms with Crippen LogP contribution in [0.15, 0.2) is 0 Å². The number of alkyl halides is 5. The summed E-state index contributed by atoms with van der Waals surface area (Å²) in [5.41, 5.74) is 0. The molecule has 0 aliphatic carbocycles. The Morgan fingerprint density at radius 1 is 1.00 bits per heavy atom. The molecule has 0 unspecified atom stereocenters. The average molecular weight is 311 g/mol. The van der Waals surface area contributed by atoms with Crippen molar-refractivity contribution >= 4 is 5.97 Å². The zero-order valence-electron chi connectivity index (χ0n) is 10.8. The lowest BCUT2D eigenvalue weighted by atomic mass is 10.3. The van der Waals surface area contributed by atoms with E-state index in [9.17, 15) is 26.7 Å². The van der Waals surface area contributed by atoms with Gasteiger partial charge in [0.2, 0.25) is 0 Å². The van der Waals surface area contributed by atoms with Crippen molar-refractivity contribution in [1.82, 2.24) is 4.90 Å². The van der Waals surface area contributed by atoms with Crippen LogP contribution in [0.3, 0.4) is 0 Å². The normalized spacial score (nSPS) is 12.1. The molecule has 20 heavy (non-hydrogen) atoms. The molecular formula is C10H18F5NO4. The van der Waals surface area contributed by atoms with Gasteiger partial charge in [-0.15, -0.1) is 0 Å². The van der Waals surface area contributed by atoms with Crippen LogP contribution in [0.2, 0.25) is 0 Å². The van der Waals surface area contributed by atoms with Gasteiger partial charge in [-0.2, -0.15) is 22.0 Å². The van der Waals surface area contributed by atoms with Gasteiger partial charge >= 0.3 is 18.1 Å². The van der Waals surface area contributed by atoms with Crippen molar-refractivity contribution < 1.29 is 42.1 Å². The number of carboxylic acid groups (broad SMARTS) is 1. The lowest BCUT2D eigenvalue weighted by molar-refractivity contribution is -0.277. The number of rotatable bonds is 7. The Balaban J connectivity index is 0. The monoisotopic (exact) mass is 311 g/mol. The van der Waals surface area contributed by atoms with Crippen molar-refractivity contribution in [1.29, 1.82) is 0 Å². The van der Waals surface area contributed by atoms with Gasteiger partial charge in [0.1, 0.15) is 0 Å².